The number of hydrogen-bond acceptors (Lipinski definition) is 7. The topological polar surface area (TPSA) is 69.6 Å². The fourth-order valence-corrected chi connectivity index (χ4v) is 3.87. The summed E-state index contributed by atoms with van der Waals surface area (Å²) in [4.78, 5) is 15.4. The van der Waals surface area contributed by atoms with E-state index in [1.165, 1.54) is 11.9 Å². The molecule has 4 rings (SSSR count). The normalized spacial score (nSPS) is 16.9. The van der Waals surface area contributed by atoms with Crippen LogP contribution in [0.25, 0.3) is 11.3 Å². The van der Waals surface area contributed by atoms with Gasteiger partial charge in [-0.2, -0.15) is 0 Å². The fraction of sp³-hybridized carbons (Fsp3) is 0.400. The summed E-state index contributed by atoms with van der Waals surface area (Å²) in [6, 6.07) is 12.4. The molecule has 2 aromatic heterocycles. The number of nitrogens with zero attached hydrogens (tertiary/aromatic N) is 4. The molecule has 1 aliphatic heterocycles. The van der Waals surface area contributed by atoms with E-state index in [9.17, 15) is 0 Å². The zero-order valence-corrected chi connectivity index (χ0v) is 18.9. The van der Waals surface area contributed by atoms with Crippen molar-refractivity contribution in [2.24, 2.45) is 0 Å². The van der Waals surface area contributed by atoms with Gasteiger partial charge in [-0.15, -0.1) is 0 Å². The van der Waals surface area contributed by atoms with Gasteiger partial charge in [-0.25, -0.2) is 15.0 Å². The van der Waals surface area contributed by atoms with Crippen LogP contribution < -0.4 is 4.74 Å². The minimum atomic E-state index is -0.0738. The molecule has 32 heavy (non-hydrogen) atoms. The summed E-state index contributed by atoms with van der Waals surface area (Å²) in [6.45, 7) is 7.77. The van der Waals surface area contributed by atoms with Crippen molar-refractivity contribution in [3.05, 3.63) is 71.9 Å². The minimum absolute atomic E-state index is 0.0738. The quantitative estimate of drug-likeness (QED) is 0.530. The average molecular weight is 435 g/mol. The molecule has 7 nitrogen and oxygen atoms in total. The SMILES string of the molecule is COCc1cc(CN2CCOC(c3cccc(-c4cncnc4)n3)C2)ccc1OC(C)C. The van der Waals surface area contributed by atoms with Gasteiger partial charge >= 0.3 is 0 Å². The Morgan fingerprint density at radius 3 is 2.78 bits per heavy atom. The highest BCUT2D eigenvalue weighted by molar-refractivity contribution is 5.56. The van der Waals surface area contributed by atoms with Crippen LogP contribution in [0.5, 0.6) is 5.75 Å². The summed E-state index contributed by atoms with van der Waals surface area (Å²) in [5.74, 6) is 0.886. The second-order valence-electron chi connectivity index (χ2n) is 8.21. The molecule has 1 aliphatic rings. The number of aromatic nitrogens is 3. The molecule has 0 saturated carbocycles. The van der Waals surface area contributed by atoms with Crippen LogP contribution in [0.1, 0.15) is 36.8 Å². The largest absolute Gasteiger partial charge is 0.491 e. The molecule has 0 aliphatic carbocycles. The Labute approximate surface area is 189 Å². The van der Waals surface area contributed by atoms with Crippen LogP contribution in [-0.4, -0.2) is 52.8 Å². The van der Waals surface area contributed by atoms with Crippen molar-refractivity contribution in [1.82, 2.24) is 19.9 Å². The molecular formula is C25H30N4O3. The Morgan fingerprint density at radius 2 is 2.00 bits per heavy atom. The number of morpholine rings is 1. The Balaban J connectivity index is 1.46. The van der Waals surface area contributed by atoms with Crippen molar-refractivity contribution in [2.45, 2.75) is 39.2 Å². The maximum Gasteiger partial charge on any atom is 0.125 e. The zero-order chi connectivity index (χ0) is 22.3. The zero-order valence-electron chi connectivity index (χ0n) is 18.9. The Kier molecular flexibility index (Phi) is 7.42. The van der Waals surface area contributed by atoms with Crippen molar-refractivity contribution in [2.75, 3.05) is 26.8 Å². The van der Waals surface area contributed by atoms with Crippen LogP contribution in [0.4, 0.5) is 0 Å². The van der Waals surface area contributed by atoms with E-state index in [0.29, 0.717) is 13.2 Å². The summed E-state index contributed by atoms with van der Waals surface area (Å²) in [5.41, 5.74) is 4.99. The monoisotopic (exact) mass is 434 g/mol. The van der Waals surface area contributed by atoms with Crippen molar-refractivity contribution in [3.63, 3.8) is 0 Å². The molecule has 1 aromatic carbocycles. The molecule has 0 N–H and O–H groups in total. The Hall–Kier alpha value is -2.87. The standard InChI is InChI=1S/C25H30N4O3/c1-18(2)32-24-8-7-19(11-20(24)16-30-3)14-29-9-10-31-25(15-29)23-6-4-5-22(28-23)21-12-26-17-27-13-21/h4-8,11-13,17-18,25H,9-10,14-16H2,1-3H3. The highest BCUT2D eigenvalue weighted by Crippen LogP contribution is 2.27. The van der Waals surface area contributed by atoms with Gasteiger partial charge in [-0.05, 0) is 43.7 Å². The second-order valence-corrected chi connectivity index (χ2v) is 8.21. The summed E-state index contributed by atoms with van der Waals surface area (Å²) < 4.78 is 17.4. The van der Waals surface area contributed by atoms with Gasteiger partial charge in [0.1, 0.15) is 18.2 Å². The van der Waals surface area contributed by atoms with E-state index in [4.69, 9.17) is 19.2 Å². The van der Waals surface area contributed by atoms with Crippen molar-refractivity contribution in [1.29, 1.82) is 0 Å². The van der Waals surface area contributed by atoms with E-state index in [1.807, 2.05) is 32.0 Å². The van der Waals surface area contributed by atoms with E-state index < -0.39 is 0 Å². The van der Waals surface area contributed by atoms with Gasteiger partial charge in [0.2, 0.25) is 0 Å². The first kappa shape index (κ1) is 22.3. The van der Waals surface area contributed by atoms with Crippen LogP contribution in [0.15, 0.2) is 55.1 Å². The van der Waals surface area contributed by atoms with Crippen LogP contribution in [0.3, 0.4) is 0 Å². The number of benzene rings is 1. The third-order valence-corrected chi connectivity index (χ3v) is 5.30. The number of rotatable bonds is 8. The molecule has 7 heteroatoms. The average Bonchev–Trinajstić information content (AvgIpc) is 2.81. The number of hydrogen-bond donors (Lipinski definition) is 0. The third-order valence-electron chi connectivity index (χ3n) is 5.30. The number of ether oxygens (including phenoxy) is 3. The highest BCUT2D eigenvalue weighted by atomic mass is 16.5. The van der Waals surface area contributed by atoms with E-state index in [2.05, 4.69) is 33.1 Å². The molecule has 168 valence electrons. The molecule has 1 atom stereocenters. The number of methoxy groups -OCH3 is 1. The van der Waals surface area contributed by atoms with Crippen molar-refractivity contribution in [3.8, 4) is 17.0 Å². The van der Waals surface area contributed by atoms with Gasteiger partial charge in [0.15, 0.2) is 0 Å². The molecule has 0 radical (unpaired) electrons. The van der Waals surface area contributed by atoms with E-state index in [1.54, 1.807) is 19.5 Å². The third kappa shape index (κ3) is 5.68. The van der Waals surface area contributed by atoms with Crippen LogP contribution >= 0.6 is 0 Å². The van der Waals surface area contributed by atoms with Gasteiger partial charge in [0.25, 0.3) is 0 Å². The first-order chi connectivity index (χ1) is 15.6. The van der Waals surface area contributed by atoms with Gasteiger partial charge in [-0.1, -0.05) is 12.1 Å². The Morgan fingerprint density at radius 1 is 1.16 bits per heavy atom. The molecule has 1 fully saturated rings. The predicted octanol–water partition coefficient (Wildman–Crippen LogP) is 4.05. The first-order valence-electron chi connectivity index (χ1n) is 11.0. The summed E-state index contributed by atoms with van der Waals surface area (Å²) >= 11 is 0. The molecule has 1 unspecified atom stereocenters. The predicted molar refractivity (Wildman–Crippen MR) is 122 cm³/mol. The molecular weight excluding hydrogens is 404 g/mol. The maximum atomic E-state index is 6.07. The summed E-state index contributed by atoms with van der Waals surface area (Å²) in [6.07, 6.45) is 5.13. The van der Waals surface area contributed by atoms with Crippen LogP contribution in [0, 0.1) is 0 Å². The molecule has 3 heterocycles. The van der Waals surface area contributed by atoms with Crippen LogP contribution in [-0.2, 0) is 22.6 Å². The summed E-state index contributed by atoms with van der Waals surface area (Å²) in [5, 5.41) is 0. The van der Waals surface area contributed by atoms with E-state index in [-0.39, 0.29) is 12.2 Å². The fourth-order valence-electron chi connectivity index (χ4n) is 3.87. The highest BCUT2D eigenvalue weighted by Gasteiger charge is 2.24. The molecule has 0 amide bonds. The lowest BCUT2D eigenvalue weighted by Crippen LogP contribution is -2.38. The van der Waals surface area contributed by atoms with Gasteiger partial charge in [0.05, 0.1) is 30.7 Å². The van der Waals surface area contributed by atoms with Gasteiger partial charge in [-0.3, -0.25) is 4.90 Å². The first-order valence-corrected chi connectivity index (χ1v) is 11.0. The molecule has 0 bridgehead atoms. The maximum absolute atomic E-state index is 6.07. The van der Waals surface area contributed by atoms with Gasteiger partial charge in [0, 0.05) is 50.3 Å². The minimum Gasteiger partial charge on any atom is -0.491 e. The second kappa shape index (κ2) is 10.6. The van der Waals surface area contributed by atoms with Crippen LogP contribution in [0.2, 0.25) is 0 Å². The lowest BCUT2D eigenvalue weighted by Gasteiger charge is -2.33. The number of pyridine rings is 1. The lowest BCUT2D eigenvalue weighted by atomic mass is 10.1. The van der Waals surface area contributed by atoms with Crippen molar-refractivity contribution < 1.29 is 14.2 Å². The molecule has 3 aromatic rings. The molecule has 1 saturated heterocycles. The molecule has 0 spiro atoms. The smallest absolute Gasteiger partial charge is 0.125 e. The summed E-state index contributed by atoms with van der Waals surface area (Å²) in [7, 11) is 1.71. The Bertz CT molecular complexity index is 1010. The van der Waals surface area contributed by atoms with Gasteiger partial charge < -0.3 is 14.2 Å². The lowest BCUT2D eigenvalue weighted by molar-refractivity contribution is -0.0349. The van der Waals surface area contributed by atoms with E-state index >= 15 is 0 Å². The van der Waals surface area contributed by atoms with Crippen molar-refractivity contribution >= 4 is 0 Å². The van der Waals surface area contributed by atoms with E-state index in [0.717, 1.165) is 47.9 Å².